The van der Waals surface area contributed by atoms with Crippen LogP contribution >= 0.6 is 0 Å². The third kappa shape index (κ3) is 1.88. The molecule has 0 aliphatic carbocycles. The molecule has 1 aliphatic heterocycles. The number of β-amino-alcohol motifs (C(OH)–C–C–N with tert-alkyl or cyclic N) is 1. The van der Waals surface area contributed by atoms with Crippen LogP contribution in [-0.4, -0.2) is 37.0 Å². The molecule has 0 spiro atoms. The van der Waals surface area contributed by atoms with Gasteiger partial charge in [-0.15, -0.1) is 0 Å². The average molecular weight is 231 g/mol. The molecule has 1 heterocycles. The second kappa shape index (κ2) is 3.55. The predicted molar refractivity (Wildman–Crippen MR) is 51.2 cm³/mol. The lowest BCUT2D eigenvalue weighted by atomic mass is 10.2. The van der Waals surface area contributed by atoms with Crippen LogP contribution in [0.3, 0.4) is 0 Å². The van der Waals surface area contributed by atoms with Crippen molar-refractivity contribution in [1.29, 1.82) is 0 Å². The lowest BCUT2D eigenvalue weighted by Gasteiger charge is -2.34. The molecule has 1 saturated heterocycles. The van der Waals surface area contributed by atoms with E-state index in [4.69, 9.17) is 5.11 Å². The summed E-state index contributed by atoms with van der Waals surface area (Å²) in [6.45, 7) is 0.164. The van der Waals surface area contributed by atoms with E-state index >= 15 is 0 Å². The van der Waals surface area contributed by atoms with Crippen LogP contribution in [0, 0.1) is 5.82 Å². The maximum Gasteiger partial charge on any atom is 0.243 e. The van der Waals surface area contributed by atoms with Gasteiger partial charge < -0.3 is 5.11 Å². The SMILES string of the molecule is O=S(=O)(c1cccc(F)c1)N1CC(O)C1. The smallest absolute Gasteiger partial charge is 0.243 e. The summed E-state index contributed by atoms with van der Waals surface area (Å²) < 4.78 is 37.5. The Morgan fingerprint density at radius 1 is 1.40 bits per heavy atom. The monoisotopic (exact) mass is 231 g/mol. The van der Waals surface area contributed by atoms with Crippen molar-refractivity contribution in [2.45, 2.75) is 11.0 Å². The Morgan fingerprint density at radius 2 is 2.07 bits per heavy atom. The molecule has 15 heavy (non-hydrogen) atoms. The predicted octanol–water partition coefficient (Wildman–Crippen LogP) is 0.191. The van der Waals surface area contributed by atoms with Crippen LogP contribution in [0.4, 0.5) is 4.39 Å². The van der Waals surface area contributed by atoms with Crippen LogP contribution in [0.2, 0.25) is 0 Å². The van der Waals surface area contributed by atoms with Gasteiger partial charge in [0.2, 0.25) is 10.0 Å². The van der Waals surface area contributed by atoms with Crippen molar-refractivity contribution in [1.82, 2.24) is 4.31 Å². The molecule has 4 nitrogen and oxygen atoms in total. The molecule has 6 heteroatoms. The Kier molecular flexibility index (Phi) is 2.49. The standard InChI is InChI=1S/C9H10FNO3S/c10-7-2-1-3-9(4-7)15(13,14)11-5-8(12)6-11/h1-4,8,12H,5-6H2. The summed E-state index contributed by atoms with van der Waals surface area (Å²) in [4.78, 5) is -0.0746. The van der Waals surface area contributed by atoms with Crippen LogP contribution in [0.5, 0.6) is 0 Å². The van der Waals surface area contributed by atoms with Gasteiger partial charge in [-0.05, 0) is 18.2 Å². The van der Waals surface area contributed by atoms with E-state index in [0.717, 1.165) is 10.4 Å². The summed E-state index contributed by atoms with van der Waals surface area (Å²) >= 11 is 0. The maximum absolute atomic E-state index is 12.8. The summed E-state index contributed by atoms with van der Waals surface area (Å²) in [7, 11) is -3.62. The molecule has 82 valence electrons. The highest BCUT2D eigenvalue weighted by atomic mass is 32.2. The summed E-state index contributed by atoms with van der Waals surface area (Å²) in [6, 6.07) is 4.84. The Labute approximate surface area is 87.0 Å². The zero-order valence-electron chi connectivity index (χ0n) is 7.80. The van der Waals surface area contributed by atoms with Crippen LogP contribution in [0.15, 0.2) is 29.2 Å². The molecule has 0 unspecified atom stereocenters. The van der Waals surface area contributed by atoms with Crippen LogP contribution < -0.4 is 0 Å². The van der Waals surface area contributed by atoms with E-state index in [2.05, 4.69) is 0 Å². The Bertz CT molecular complexity index is 468. The van der Waals surface area contributed by atoms with Gasteiger partial charge in [-0.3, -0.25) is 0 Å². The van der Waals surface area contributed by atoms with Gasteiger partial charge in [0, 0.05) is 13.1 Å². The summed E-state index contributed by atoms with van der Waals surface area (Å²) in [5.41, 5.74) is 0. The fraction of sp³-hybridized carbons (Fsp3) is 0.333. The molecule has 1 fully saturated rings. The van der Waals surface area contributed by atoms with Gasteiger partial charge in [0.15, 0.2) is 0 Å². The first-order valence-corrected chi connectivity index (χ1v) is 5.88. The van der Waals surface area contributed by atoms with Crippen LogP contribution in [-0.2, 0) is 10.0 Å². The number of hydrogen-bond donors (Lipinski definition) is 1. The minimum Gasteiger partial charge on any atom is -0.390 e. The molecule has 1 N–H and O–H groups in total. The number of halogens is 1. The zero-order chi connectivity index (χ0) is 11.1. The van der Waals surface area contributed by atoms with Gasteiger partial charge >= 0.3 is 0 Å². The van der Waals surface area contributed by atoms with E-state index in [1.807, 2.05) is 0 Å². The van der Waals surface area contributed by atoms with Gasteiger partial charge in [0.05, 0.1) is 11.0 Å². The first-order chi connectivity index (χ1) is 7.00. The molecule has 0 bridgehead atoms. The number of rotatable bonds is 2. The average Bonchev–Trinajstić information content (AvgIpc) is 2.13. The number of sulfonamides is 1. The number of benzene rings is 1. The second-order valence-electron chi connectivity index (χ2n) is 3.43. The first-order valence-electron chi connectivity index (χ1n) is 4.44. The largest absolute Gasteiger partial charge is 0.390 e. The van der Waals surface area contributed by atoms with Gasteiger partial charge in [0.1, 0.15) is 5.82 Å². The Hall–Kier alpha value is -0.980. The minimum absolute atomic E-state index is 0.0746. The maximum atomic E-state index is 12.8. The topological polar surface area (TPSA) is 57.6 Å². The van der Waals surface area contributed by atoms with Gasteiger partial charge in [0.25, 0.3) is 0 Å². The summed E-state index contributed by atoms with van der Waals surface area (Å²) in [5, 5.41) is 9.00. The molecule has 0 radical (unpaired) electrons. The van der Waals surface area contributed by atoms with E-state index in [0.29, 0.717) is 0 Å². The molecule has 0 atom stereocenters. The fourth-order valence-electron chi connectivity index (χ4n) is 1.39. The molecule has 0 aromatic heterocycles. The third-order valence-corrected chi connectivity index (χ3v) is 4.09. The molecular weight excluding hydrogens is 221 g/mol. The van der Waals surface area contributed by atoms with Crippen molar-refractivity contribution in [3.8, 4) is 0 Å². The lowest BCUT2D eigenvalue weighted by molar-refractivity contribution is 0.0548. The van der Waals surface area contributed by atoms with Gasteiger partial charge in [-0.25, -0.2) is 12.8 Å². The molecule has 2 rings (SSSR count). The highest BCUT2D eigenvalue weighted by molar-refractivity contribution is 7.89. The lowest BCUT2D eigenvalue weighted by Crippen LogP contribution is -2.53. The Morgan fingerprint density at radius 3 is 2.60 bits per heavy atom. The summed E-state index contributed by atoms with van der Waals surface area (Å²) in [5.74, 6) is -0.586. The molecule has 1 aliphatic rings. The van der Waals surface area contributed by atoms with E-state index in [9.17, 15) is 12.8 Å². The van der Waals surface area contributed by atoms with E-state index in [-0.39, 0.29) is 18.0 Å². The minimum atomic E-state index is -3.62. The van der Waals surface area contributed by atoms with E-state index in [1.165, 1.54) is 18.2 Å². The normalized spacial score (nSPS) is 18.8. The number of aliphatic hydroxyl groups is 1. The van der Waals surface area contributed by atoms with Crippen molar-refractivity contribution in [3.05, 3.63) is 30.1 Å². The number of hydrogen-bond acceptors (Lipinski definition) is 3. The number of nitrogens with zero attached hydrogens (tertiary/aromatic N) is 1. The zero-order valence-corrected chi connectivity index (χ0v) is 8.61. The third-order valence-electron chi connectivity index (χ3n) is 2.26. The fourth-order valence-corrected chi connectivity index (χ4v) is 2.94. The van der Waals surface area contributed by atoms with Crippen molar-refractivity contribution >= 4 is 10.0 Å². The van der Waals surface area contributed by atoms with Gasteiger partial charge in [-0.2, -0.15) is 4.31 Å². The quantitative estimate of drug-likeness (QED) is 0.790. The van der Waals surface area contributed by atoms with Crippen LogP contribution in [0.1, 0.15) is 0 Å². The highest BCUT2D eigenvalue weighted by Crippen LogP contribution is 2.21. The number of aliphatic hydroxyl groups excluding tert-OH is 1. The molecule has 1 aromatic carbocycles. The van der Waals surface area contributed by atoms with Crippen molar-refractivity contribution in [2.24, 2.45) is 0 Å². The molecular formula is C9H10FNO3S. The molecule has 1 aromatic rings. The Balaban J connectivity index is 2.30. The highest BCUT2D eigenvalue weighted by Gasteiger charge is 2.35. The molecule has 0 amide bonds. The van der Waals surface area contributed by atoms with E-state index in [1.54, 1.807) is 0 Å². The van der Waals surface area contributed by atoms with E-state index < -0.39 is 21.9 Å². The van der Waals surface area contributed by atoms with Crippen molar-refractivity contribution in [3.63, 3.8) is 0 Å². The summed E-state index contributed by atoms with van der Waals surface area (Å²) in [6.07, 6.45) is -0.603. The molecule has 0 saturated carbocycles. The van der Waals surface area contributed by atoms with Crippen molar-refractivity contribution < 1.29 is 17.9 Å². The second-order valence-corrected chi connectivity index (χ2v) is 5.37. The first kappa shape index (κ1) is 10.5. The van der Waals surface area contributed by atoms with Crippen LogP contribution in [0.25, 0.3) is 0 Å². The van der Waals surface area contributed by atoms with Crippen molar-refractivity contribution in [2.75, 3.05) is 13.1 Å². The van der Waals surface area contributed by atoms with Gasteiger partial charge in [-0.1, -0.05) is 6.07 Å².